The number of rotatable bonds is 1. The lowest BCUT2D eigenvalue weighted by atomic mass is 9.97. The first-order valence-corrected chi connectivity index (χ1v) is 9.28. The second kappa shape index (κ2) is 8.57. The van der Waals surface area contributed by atoms with E-state index in [1.54, 1.807) is 0 Å². The van der Waals surface area contributed by atoms with E-state index in [-0.39, 0.29) is 10.0 Å². The normalized spacial score (nSPS) is 18.2. The Labute approximate surface area is 183 Å². The summed E-state index contributed by atoms with van der Waals surface area (Å²) in [5, 5.41) is 1.15. The number of thioether (sulfide) groups is 1. The van der Waals surface area contributed by atoms with Crippen LogP contribution >= 0.6 is 27.7 Å². The molecule has 2 N–H and O–H groups in total. The largest absolute Gasteiger partial charge is 0.443 e. The quantitative estimate of drug-likeness (QED) is 0.439. The third-order valence-electron chi connectivity index (χ3n) is 3.63. The molecule has 1 aliphatic rings. The van der Waals surface area contributed by atoms with Crippen molar-refractivity contribution in [3.63, 3.8) is 0 Å². The summed E-state index contributed by atoms with van der Waals surface area (Å²) in [7, 11) is 0. The van der Waals surface area contributed by atoms with Crippen molar-refractivity contribution in [3.05, 3.63) is 45.0 Å². The van der Waals surface area contributed by atoms with Gasteiger partial charge >= 0.3 is 24.6 Å². The van der Waals surface area contributed by atoms with Crippen LogP contribution in [0.2, 0.25) is 0 Å². The van der Waals surface area contributed by atoms with Gasteiger partial charge in [-0.3, -0.25) is 15.4 Å². The number of amidine groups is 1. The monoisotopic (exact) mass is 561 g/mol. The van der Waals surface area contributed by atoms with Gasteiger partial charge in [-0.25, -0.2) is 14.2 Å². The van der Waals surface area contributed by atoms with Gasteiger partial charge in [0.1, 0.15) is 0 Å². The number of urea groups is 1. The number of benzene rings is 1. The van der Waals surface area contributed by atoms with E-state index in [4.69, 9.17) is 0 Å². The Bertz CT molecular complexity index is 986. The standard InChI is InChI=1S/C15H6BrF10N3O2S/c16-6-4-2-1-3-5(6)9(30)27-10(31)28-11-29-12(14(21,22)23,15(24,25)26)8(32-11)7(17)13(18,19)20/h1-4H,(H2,27,28,29,30,31). The molecule has 176 valence electrons. The summed E-state index contributed by atoms with van der Waals surface area (Å²) in [4.78, 5) is 23.1. The van der Waals surface area contributed by atoms with Crippen LogP contribution in [0, 0.1) is 0 Å². The van der Waals surface area contributed by atoms with Crippen molar-refractivity contribution in [3.8, 4) is 0 Å². The Morgan fingerprint density at radius 3 is 1.97 bits per heavy atom. The predicted octanol–water partition coefficient (Wildman–Crippen LogP) is 5.60. The van der Waals surface area contributed by atoms with Gasteiger partial charge in [0.15, 0.2) is 5.17 Å². The second-order valence-corrected chi connectivity index (χ2v) is 7.61. The fourth-order valence-corrected chi connectivity index (χ4v) is 3.89. The van der Waals surface area contributed by atoms with E-state index in [9.17, 15) is 53.5 Å². The first kappa shape index (κ1) is 26.0. The van der Waals surface area contributed by atoms with Crippen LogP contribution in [0.3, 0.4) is 0 Å². The molecule has 2 rings (SSSR count). The van der Waals surface area contributed by atoms with Crippen molar-refractivity contribution in [2.24, 2.45) is 4.99 Å². The molecule has 0 spiro atoms. The van der Waals surface area contributed by atoms with E-state index in [0.717, 1.165) is 0 Å². The molecular weight excluding hydrogens is 556 g/mol. The zero-order chi connectivity index (χ0) is 24.7. The van der Waals surface area contributed by atoms with E-state index in [0.29, 0.717) is 0 Å². The molecule has 0 bridgehead atoms. The minimum Gasteiger partial charge on any atom is -0.286 e. The highest BCUT2D eigenvalue weighted by molar-refractivity contribution is 9.10. The average molecular weight is 562 g/mol. The molecule has 1 aliphatic heterocycles. The molecule has 17 heteroatoms. The number of hydrogen-bond donors (Lipinski definition) is 2. The molecule has 5 nitrogen and oxygen atoms in total. The Balaban J connectivity index is 2.44. The molecule has 1 heterocycles. The summed E-state index contributed by atoms with van der Waals surface area (Å²) < 4.78 is 131. The van der Waals surface area contributed by atoms with Crippen LogP contribution in [0.25, 0.3) is 0 Å². The van der Waals surface area contributed by atoms with E-state index < -0.39 is 63.7 Å². The topological polar surface area (TPSA) is 70.6 Å². The molecule has 0 radical (unpaired) electrons. The number of aliphatic imine (C=N–C) groups is 1. The number of nitrogens with one attached hydrogen (secondary N) is 2. The Kier molecular flexibility index (Phi) is 6.95. The highest BCUT2D eigenvalue weighted by Gasteiger charge is 2.77. The summed E-state index contributed by atoms with van der Waals surface area (Å²) in [6.45, 7) is 0. The lowest BCUT2D eigenvalue weighted by Gasteiger charge is -2.31. The molecule has 3 amide bonds. The molecule has 0 atom stereocenters. The number of hydrogen-bond acceptors (Lipinski definition) is 4. The van der Waals surface area contributed by atoms with Crippen molar-refractivity contribution < 1.29 is 53.5 Å². The lowest BCUT2D eigenvalue weighted by Crippen LogP contribution is -2.55. The highest BCUT2D eigenvalue weighted by atomic mass is 79.9. The van der Waals surface area contributed by atoms with Crippen LogP contribution in [-0.4, -0.2) is 41.2 Å². The molecule has 0 aliphatic carbocycles. The van der Waals surface area contributed by atoms with Gasteiger partial charge in [0.05, 0.1) is 10.5 Å². The summed E-state index contributed by atoms with van der Waals surface area (Å²) >= 11 is 1.91. The van der Waals surface area contributed by atoms with Crippen LogP contribution in [-0.2, 0) is 0 Å². The number of carbonyl (C=O) groups is 2. The summed E-state index contributed by atoms with van der Waals surface area (Å²) in [6.07, 6.45) is -19.4. The van der Waals surface area contributed by atoms with Gasteiger partial charge in [-0.1, -0.05) is 23.9 Å². The van der Waals surface area contributed by atoms with E-state index in [1.165, 1.54) is 34.9 Å². The summed E-state index contributed by atoms with van der Waals surface area (Å²) in [5.74, 6) is -4.86. The molecule has 1 aromatic carbocycles. The van der Waals surface area contributed by atoms with Crippen molar-refractivity contribution in [2.45, 2.75) is 24.1 Å². The SMILES string of the molecule is O=C(NC(=O)c1ccccc1Br)NC1=NC(C(F)(F)F)(C(F)(F)F)C(=C(F)C(F)(F)F)S1. The van der Waals surface area contributed by atoms with Crippen molar-refractivity contribution in [1.29, 1.82) is 0 Å². The van der Waals surface area contributed by atoms with Gasteiger partial charge in [-0.2, -0.15) is 39.5 Å². The third kappa shape index (κ3) is 4.87. The summed E-state index contributed by atoms with van der Waals surface area (Å²) in [6, 6.07) is 3.64. The molecule has 32 heavy (non-hydrogen) atoms. The highest BCUT2D eigenvalue weighted by Crippen LogP contribution is 2.59. The maximum atomic E-state index is 13.6. The Morgan fingerprint density at radius 1 is 0.969 bits per heavy atom. The number of nitrogens with zero attached hydrogens (tertiary/aromatic N) is 1. The minimum absolute atomic E-state index is 0.156. The molecule has 0 saturated carbocycles. The Morgan fingerprint density at radius 2 is 1.50 bits per heavy atom. The zero-order valence-corrected chi connectivity index (χ0v) is 17.0. The maximum absolute atomic E-state index is 13.6. The lowest BCUT2D eigenvalue weighted by molar-refractivity contribution is -0.280. The van der Waals surface area contributed by atoms with Gasteiger partial charge in [-0.15, -0.1) is 0 Å². The van der Waals surface area contributed by atoms with Crippen LogP contribution in [0.4, 0.5) is 48.7 Å². The van der Waals surface area contributed by atoms with Crippen LogP contribution in [0.15, 0.2) is 44.5 Å². The smallest absolute Gasteiger partial charge is 0.286 e. The number of halogens is 11. The molecule has 0 saturated heterocycles. The first-order chi connectivity index (χ1) is 14.4. The second-order valence-electron chi connectivity index (χ2n) is 5.75. The van der Waals surface area contributed by atoms with Crippen molar-refractivity contribution in [2.75, 3.05) is 0 Å². The average Bonchev–Trinajstić information content (AvgIpc) is 3.00. The zero-order valence-electron chi connectivity index (χ0n) is 14.6. The van der Waals surface area contributed by atoms with Gasteiger partial charge < -0.3 is 0 Å². The predicted molar refractivity (Wildman–Crippen MR) is 94.2 cm³/mol. The molecule has 0 fully saturated rings. The number of allylic oxidation sites excluding steroid dienone is 1. The fourth-order valence-electron chi connectivity index (χ4n) is 2.27. The Hall–Kier alpha value is -2.30. The van der Waals surface area contributed by atoms with E-state index in [2.05, 4.69) is 20.9 Å². The van der Waals surface area contributed by atoms with Gasteiger partial charge in [0.25, 0.3) is 11.4 Å². The van der Waals surface area contributed by atoms with Crippen LogP contribution in [0.1, 0.15) is 10.4 Å². The van der Waals surface area contributed by atoms with Crippen LogP contribution < -0.4 is 10.6 Å². The maximum Gasteiger partial charge on any atom is 0.443 e. The van der Waals surface area contributed by atoms with Gasteiger partial charge in [0, 0.05) is 4.47 Å². The van der Waals surface area contributed by atoms with E-state index in [1.807, 2.05) is 0 Å². The van der Waals surface area contributed by atoms with E-state index >= 15 is 0 Å². The fraction of sp³-hybridized carbons (Fsp3) is 0.267. The third-order valence-corrected chi connectivity index (χ3v) is 5.39. The summed E-state index contributed by atoms with van der Waals surface area (Å²) in [5.41, 5.74) is -5.80. The molecule has 0 unspecified atom stereocenters. The molecular formula is C15H6BrF10N3O2S. The number of amides is 3. The van der Waals surface area contributed by atoms with Crippen molar-refractivity contribution >= 4 is 44.8 Å². The number of carbonyl (C=O) groups excluding carboxylic acids is 2. The molecule has 0 aromatic heterocycles. The first-order valence-electron chi connectivity index (χ1n) is 7.67. The minimum atomic E-state index is -6.57. The molecule has 1 aromatic rings. The van der Waals surface area contributed by atoms with Crippen molar-refractivity contribution in [1.82, 2.24) is 10.6 Å². The number of imide groups is 1. The number of alkyl halides is 9. The van der Waals surface area contributed by atoms with Gasteiger partial charge in [0.2, 0.25) is 5.83 Å². The van der Waals surface area contributed by atoms with Gasteiger partial charge in [-0.05, 0) is 28.1 Å². The van der Waals surface area contributed by atoms with Crippen LogP contribution in [0.5, 0.6) is 0 Å².